The van der Waals surface area contributed by atoms with Crippen molar-refractivity contribution in [3.63, 3.8) is 0 Å². The SMILES string of the molecule is C=CCOC(=O)C[C@@H]1CNC(=O)[C@@H](Cc2ccc(OC)c(Cl)c2)NC(=O)/C=C/C[C@@H]([C@H](C)[C@@H](OCC=O)[C@@H](Br)c2ccccc2)OC(=O)[C@H](CC(C)C)OC1=O. The van der Waals surface area contributed by atoms with Crippen LogP contribution in [0.25, 0.3) is 0 Å². The summed E-state index contributed by atoms with van der Waals surface area (Å²) < 4.78 is 28.2. The monoisotopic (exact) mass is 860 g/mol. The Morgan fingerprint density at radius 3 is 2.43 bits per heavy atom. The van der Waals surface area contributed by atoms with Crippen molar-refractivity contribution in [2.24, 2.45) is 17.8 Å². The predicted octanol–water partition coefficient (Wildman–Crippen LogP) is 5.41. The van der Waals surface area contributed by atoms with Gasteiger partial charge >= 0.3 is 17.9 Å². The van der Waals surface area contributed by atoms with Crippen molar-refractivity contribution in [2.45, 2.75) is 75.6 Å². The fourth-order valence-corrected chi connectivity index (χ4v) is 7.17. The molecule has 2 N–H and O–H groups in total. The van der Waals surface area contributed by atoms with Gasteiger partial charge in [-0.1, -0.05) is 103 Å². The molecule has 0 saturated carbocycles. The second-order valence-electron chi connectivity index (χ2n) is 13.7. The number of amides is 2. The lowest BCUT2D eigenvalue weighted by Crippen LogP contribution is -2.49. The van der Waals surface area contributed by atoms with E-state index in [2.05, 4.69) is 33.1 Å². The lowest BCUT2D eigenvalue weighted by molar-refractivity contribution is -0.179. The van der Waals surface area contributed by atoms with Crippen molar-refractivity contribution in [1.82, 2.24) is 10.6 Å². The lowest BCUT2D eigenvalue weighted by atomic mass is 9.90. The summed E-state index contributed by atoms with van der Waals surface area (Å²) >= 11 is 10.1. The van der Waals surface area contributed by atoms with Gasteiger partial charge in [0.15, 0.2) is 6.10 Å². The standard InChI is InChI=1S/C41H50BrClN2O11/c1-6-18-53-36(48)23-29-24-44-39(49)31(22-27-15-16-33(52-5)30(43)21-27)45-35(47)14-10-13-32(55-41(51)34(20-25(2)3)56-40(29)50)26(4)38(54-19-17-46)37(42)28-11-8-7-9-12-28/h6-12,14-17,21,25-26,29,31-32,34,37-38H,1,13,18-20,22-24H2,2-5H3,(H,44,49)(H,45,47)/b14-10+/t26-,29+,31+,32-,34-,37-,38+/m0/s1. The number of carbonyl (C=O) groups is 6. The summed E-state index contributed by atoms with van der Waals surface area (Å²) in [4.78, 5) is 78.6. The number of alkyl halides is 1. The maximum atomic E-state index is 13.9. The molecular formula is C41H50BrClN2O11. The van der Waals surface area contributed by atoms with Gasteiger partial charge in [-0.25, -0.2) is 4.79 Å². The largest absolute Gasteiger partial charge is 0.495 e. The van der Waals surface area contributed by atoms with Crippen LogP contribution in [0.2, 0.25) is 5.02 Å². The van der Waals surface area contributed by atoms with Crippen LogP contribution in [0.4, 0.5) is 0 Å². The molecule has 0 saturated heterocycles. The Morgan fingerprint density at radius 1 is 1.05 bits per heavy atom. The number of nitrogens with one attached hydrogen (secondary N) is 2. The van der Waals surface area contributed by atoms with Gasteiger partial charge in [0.2, 0.25) is 11.8 Å². The van der Waals surface area contributed by atoms with Crippen LogP contribution in [0.15, 0.2) is 73.3 Å². The Hall–Kier alpha value is -4.53. The first-order chi connectivity index (χ1) is 26.8. The molecule has 13 nitrogen and oxygen atoms in total. The van der Waals surface area contributed by atoms with Crippen LogP contribution >= 0.6 is 27.5 Å². The summed E-state index contributed by atoms with van der Waals surface area (Å²) in [5.74, 6) is -5.46. The fourth-order valence-electron chi connectivity index (χ4n) is 5.95. The van der Waals surface area contributed by atoms with E-state index in [1.165, 1.54) is 25.3 Å². The molecule has 304 valence electrons. The number of ether oxygens (including phenoxy) is 5. The van der Waals surface area contributed by atoms with Crippen molar-refractivity contribution in [3.05, 3.63) is 89.5 Å². The highest BCUT2D eigenvalue weighted by molar-refractivity contribution is 9.09. The number of carbonyl (C=O) groups excluding carboxylic acids is 6. The van der Waals surface area contributed by atoms with E-state index in [0.29, 0.717) is 22.6 Å². The molecule has 0 unspecified atom stereocenters. The average molecular weight is 862 g/mol. The summed E-state index contributed by atoms with van der Waals surface area (Å²) in [5.41, 5.74) is 1.44. The zero-order valence-corrected chi connectivity index (χ0v) is 34.3. The molecule has 2 aromatic rings. The van der Waals surface area contributed by atoms with Crippen molar-refractivity contribution >= 4 is 63.5 Å². The van der Waals surface area contributed by atoms with Gasteiger partial charge in [0.25, 0.3) is 0 Å². The van der Waals surface area contributed by atoms with Gasteiger partial charge in [-0.2, -0.15) is 0 Å². The van der Waals surface area contributed by atoms with E-state index in [1.54, 1.807) is 25.1 Å². The third-order valence-electron chi connectivity index (χ3n) is 8.90. The van der Waals surface area contributed by atoms with Gasteiger partial charge < -0.3 is 39.1 Å². The Morgan fingerprint density at radius 2 is 1.79 bits per heavy atom. The first kappa shape index (κ1) is 45.9. The Labute approximate surface area is 340 Å². The number of methoxy groups -OCH3 is 1. The second-order valence-corrected chi connectivity index (χ2v) is 15.1. The van der Waals surface area contributed by atoms with E-state index in [0.717, 1.165) is 5.56 Å². The van der Waals surface area contributed by atoms with Gasteiger partial charge in [0, 0.05) is 25.3 Å². The zero-order chi connectivity index (χ0) is 41.2. The maximum absolute atomic E-state index is 13.9. The van der Waals surface area contributed by atoms with Crippen LogP contribution in [-0.2, 0) is 54.1 Å². The fraction of sp³-hybridized carbons (Fsp3) is 0.463. The highest BCUT2D eigenvalue weighted by Gasteiger charge is 2.38. The van der Waals surface area contributed by atoms with E-state index in [-0.39, 0.29) is 38.4 Å². The molecule has 0 aliphatic carbocycles. The predicted molar refractivity (Wildman–Crippen MR) is 212 cm³/mol. The third kappa shape index (κ3) is 14.5. The molecule has 1 aliphatic heterocycles. The lowest BCUT2D eigenvalue weighted by Gasteiger charge is -2.34. The summed E-state index contributed by atoms with van der Waals surface area (Å²) in [6, 6.07) is 13.1. The van der Waals surface area contributed by atoms with E-state index in [4.69, 9.17) is 35.3 Å². The second kappa shape index (κ2) is 23.5. The van der Waals surface area contributed by atoms with Crippen molar-refractivity contribution in [1.29, 1.82) is 0 Å². The molecule has 0 bridgehead atoms. The third-order valence-corrected chi connectivity index (χ3v) is 10.2. The molecule has 1 aliphatic rings. The van der Waals surface area contributed by atoms with Gasteiger partial charge in [-0.05, 0) is 41.7 Å². The van der Waals surface area contributed by atoms with Crippen LogP contribution in [0.5, 0.6) is 5.75 Å². The Bertz CT molecular complexity index is 1690. The molecule has 56 heavy (non-hydrogen) atoms. The van der Waals surface area contributed by atoms with Crippen LogP contribution in [-0.4, -0.2) is 87.2 Å². The number of benzene rings is 2. The highest BCUT2D eigenvalue weighted by atomic mass is 79.9. The molecule has 15 heteroatoms. The van der Waals surface area contributed by atoms with Crippen LogP contribution < -0.4 is 15.4 Å². The van der Waals surface area contributed by atoms with Gasteiger partial charge in [-0.3, -0.25) is 19.2 Å². The summed E-state index contributed by atoms with van der Waals surface area (Å²) in [7, 11) is 1.47. The molecule has 1 heterocycles. The zero-order valence-electron chi connectivity index (χ0n) is 32.0. The molecule has 2 aromatic carbocycles. The number of cyclic esters (lactones) is 2. The van der Waals surface area contributed by atoms with E-state index in [9.17, 15) is 28.8 Å². The van der Waals surface area contributed by atoms with Gasteiger partial charge in [0.1, 0.15) is 37.4 Å². The first-order valence-corrected chi connectivity index (χ1v) is 19.6. The molecule has 0 spiro atoms. The Kier molecular flexibility index (Phi) is 19.3. The topological polar surface area (TPSA) is 173 Å². The van der Waals surface area contributed by atoms with Crippen LogP contribution in [0.3, 0.4) is 0 Å². The van der Waals surface area contributed by atoms with E-state index < -0.39 is 83.7 Å². The minimum Gasteiger partial charge on any atom is -0.495 e. The highest BCUT2D eigenvalue weighted by Crippen LogP contribution is 2.35. The maximum Gasteiger partial charge on any atom is 0.347 e. The van der Waals surface area contributed by atoms with Gasteiger partial charge in [-0.15, -0.1) is 0 Å². The average Bonchev–Trinajstić information content (AvgIpc) is 3.17. The smallest absolute Gasteiger partial charge is 0.347 e. The molecule has 3 rings (SSSR count). The minimum atomic E-state index is -1.39. The van der Waals surface area contributed by atoms with Crippen molar-refractivity contribution in [3.8, 4) is 5.75 Å². The summed E-state index contributed by atoms with van der Waals surface area (Å²) in [5, 5.41) is 5.65. The first-order valence-electron chi connectivity index (χ1n) is 18.3. The summed E-state index contributed by atoms with van der Waals surface area (Å²) in [6.45, 7) is 8.23. The molecule has 2 amide bonds. The molecule has 0 aromatic heterocycles. The normalized spacial score (nSPS) is 22.0. The molecule has 7 atom stereocenters. The molecule has 0 fully saturated rings. The van der Waals surface area contributed by atoms with Crippen molar-refractivity contribution < 1.29 is 52.5 Å². The van der Waals surface area contributed by atoms with Crippen molar-refractivity contribution in [2.75, 3.05) is 26.9 Å². The number of halogens is 2. The van der Waals surface area contributed by atoms with Crippen LogP contribution in [0.1, 0.15) is 56.0 Å². The quantitative estimate of drug-likeness (QED) is 0.0727. The van der Waals surface area contributed by atoms with Crippen LogP contribution in [0, 0.1) is 17.8 Å². The number of esters is 3. The number of rotatable bonds is 16. The number of aldehydes is 1. The molecule has 0 radical (unpaired) electrons. The summed E-state index contributed by atoms with van der Waals surface area (Å²) in [6.07, 6.45) is 1.24. The Balaban J connectivity index is 2.06. The number of hydrogen-bond donors (Lipinski definition) is 2. The van der Waals surface area contributed by atoms with E-state index in [1.807, 2.05) is 44.2 Å². The molecular weight excluding hydrogens is 812 g/mol. The minimum absolute atomic E-state index is 0.000844. The number of hydrogen-bond acceptors (Lipinski definition) is 11. The van der Waals surface area contributed by atoms with E-state index >= 15 is 0 Å². The van der Waals surface area contributed by atoms with Gasteiger partial charge in [0.05, 0.1) is 35.4 Å².